The van der Waals surface area contributed by atoms with Crippen LogP contribution in [0.1, 0.15) is 50.6 Å². The van der Waals surface area contributed by atoms with E-state index >= 15 is 0 Å². The van der Waals surface area contributed by atoms with Crippen LogP contribution in [0.15, 0.2) is 34.9 Å². The molecule has 1 heterocycles. The normalized spacial score (nSPS) is 17.5. The zero-order chi connectivity index (χ0) is 13.1. The lowest BCUT2D eigenvalue weighted by molar-refractivity contribution is 0.261. The molecule has 1 aliphatic rings. The standard InChI is InChI=1S/C17H23NO/c1-2-10-18-16(11-13-6-5-7-13)15-12-19-17-9-4-3-8-14(15)17/h3-4,8-9,12-13,16,18H,2,5-7,10-11H2,1H3. The minimum absolute atomic E-state index is 0.453. The predicted molar refractivity (Wildman–Crippen MR) is 79.2 cm³/mol. The first kappa shape index (κ1) is 12.7. The molecule has 2 aromatic rings. The van der Waals surface area contributed by atoms with Gasteiger partial charge in [0.2, 0.25) is 0 Å². The number of hydrogen-bond donors (Lipinski definition) is 1. The van der Waals surface area contributed by atoms with Gasteiger partial charge in [-0.25, -0.2) is 0 Å². The predicted octanol–water partition coefficient (Wildman–Crippen LogP) is 4.66. The van der Waals surface area contributed by atoms with Gasteiger partial charge in [0.15, 0.2) is 0 Å². The van der Waals surface area contributed by atoms with E-state index in [1.807, 2.05) is 12.3 Å². The maximum absolute atomic E-state index is 5.70. The highest BCUT2D eigenvalue weighted by atomic mass is 16.3. The molecule has 3 rings (SSSR count). The highest BCUT2D eigenvalue weighted by Gasteiger charge is 2.24. The lowest BCUT2D eigenvalue weighted by Gasteiger charge is -2.30. The minimum Gasteiger partial charge on any atom is -0.464 e. The van der Waals surface area contributed by atoms with Crippen LogP contribution in [-0.4, -0.2) is 6.54 Å². The molecule has 102 valence electrons. The Balaban J connectivity index is 1.84. The van der Waals surface area contributed by atoms with Gasteiger partial charge < -0.3 is 9.73 Å². The summed E-state index contributed by atoms with van der Waals surface area (Å²) in [7, 11) is 0. The first-order valence-electron chi connectivity index (χ1n) is 7.58. The Kier molecular flexibility index (Phi) is 3.88. The van der Waals surface area contributed by atoms with Crippen LogP contribution in [0.5, 0.6) is 0 Å². The fourth-order valence-electron chi connectivity index (χ4n) is 2.97. The zero-order valence-corrected chi connectivity index (χ0v) is 11.7. The summed E-state index contributed by atoms with van der Waals surface area (Å²) in [4.78, 5) is 0. The van der Waals surface area contributed by atoms with E-state index in [9.17, 15) is 0 Å². The van der Waals surface area contributed by atoms with Gasteiger partial charge in [-0.3, -0.25) is 0 Å². The fraction of sp³-hybridized carbons (Fsp3) is 0.529. The summed E-state index contributed by atoms with van der Waals surface area (Å²) in [6.45, 7) is 3.30. The quantitative estimate of drug-likeness (QED) is 0.814. The van der Waals surface area contributed by atoms with Gasteiger partial charge in [-0.05, 0) is 31.4 Å². The van der Waals surface area contributed by atoms with Crippen LogP contribution in [-0.2, 0) is 0 Å². The van der Waals surface area contributed by atoms with Crippen LogP contribution >= 0.6 is 0 Å². The zero-order valence-electron chi connectivity index (χ0n) is 11.7. The fourth-order valence-corrected chi connectivity index (χ4v) is 2.97. The Morgan fingerprint density at radius 3 is 2.89 bits per heavy atom. The Labute approximate surface area is 115 Å². The van der Waals surface area contributed by atoms with E-state index in [1.165, 1.54) is 43.1 Å². The molecular formula is C17H23NO. The molecule has 1 aromatic heterocycles. The number of para-hydroxylation sites is 1. The number of hydrogen-bond acceptors (Lipinski definition) is 2. The van der Waals surface area contributed by atoms with Crippen molar-refractivity contribution >= 4 is 11.0 Å². The molecule has 0 saturated heterocycles. The van der Waals surface area contributed by atoms with Crippen LogP contribution in [0.3, 0.4) is 0 Å². The number of furan rings is 1. The minimum atomic E-state index is 0.453. The van der Waals surface area contributed by atoms with Gasteiger partial charge >= 0.3 is 0 Å². The Hall–Kier alpha value is -1.28. The second kappa shape index (κ2) is 5.79. The maximum atomic E-state index is 5.70. The lowest BCUT2D eigenvalue weighted by Crippen LogP contribution is -2.26. The summed E-state index contributed by atoms with van der Waals surface area (Å²) in [5.41, 5.74) is 2.35. The SMILES string of the molecule is CCCNC(CC1CCC1)c1coc2ccccc12. The molecule has 0 aliphatic heterocycles. The summed E-state index contributed by atoms with van der Waals surface area (Å²) in [6.07, 6.45) is 8.61. The molecule has 1 fully saturated rings. The third kappa shape index (κ3) is 2.69. The van der Waals surface area contributed by atoms with E-state index in [-0.39, 0.29) is 0 Å². The van der Waals surface area contributed by atoms with Gasteiger partial charge in [-0.15, -0.1) is 0 Å². The van der Waals surface area contributed by atoms with Crippen molar-refractivity contribution in [2.45, 2.75) is 45.1 Å². The summed E-state index contributed by atoms with van der Waals surface area (Å²) < 4.78 is 5.70. The van der Waals surface area contributed by atoms with Crippen LogP contribution in [0.25, 0.3) is 11.0 Å². The van der Waals surface area contributed by atoms with Crippen LogP contribution in [0.2, 0.25) is 0 Å². The van der Waals surface area contributed by atoms with Crippen LogP contribution in [0.4, 0.5) is 0 Å². The van der Waals surface area contributed by atoms with Gasteiger partial charge in [-0.2, -0.15) is 0 Å². The van der Waals surface area contributed by atoms with Gasteiger partial charge in [0, 0.05) is 17.0 Å². The average Bonchev–Trinajstić information content (AvgIpc) is 2.81. The highest BCUT2D eigenvalue weighted by Crippen LogP contribution is 2.37. The maximum Gasteiger partial charge on any atom is 0.134 e. The number of nitrogens with one attached hydrogen (secondary N) is 1. The average molecular weight is 257 g/mol. The number of fused-ring (bicyclic) bond motifs is 1. The first-order valence-corrected chi connectivity index (χ1v) is 7.58. The van der Waals surface area contributed by atoms with Crippen LogP contribution < -0.4 is 5.32 Å². The molecule has 0 bridgehead atoms. The lowest BCUT2D eigenvalue weighted by atomic mass is 9.79. The smallest absolute Gasteiger partial charge is 0.134 e. The monoisotopic (exact) mass is 257 g/mol. The van der Waals surface area contributed by atoms with E-state index in [4.69, 9.17) is 4.42 Å². The molecule has 0 radical (unpaired) electrons. The summed E-state index contributed by atoms with van der Waals surface area (Å²) in [5.74, 6) is 0.906. The second-order valence-corrected chi connectivity index (χ2v) is 5.73. The molecule has 1 atom stereocenters. The third-order valence-corrected chi connectivity index (χ3v) is 4.32. The Morgan fingerprint density at radius 1 is 1.32 bits per heavy atom. The number of benzene rings is 1. The van der Waals surface area contributed by atoms with E-state index in [0.717, 1.165) is 18.0 Å². The molecule has 0 spiro atoms. The van der Waals surface area contributed by atoms with Crippen molar-refractivity contribution in [3.8, 4) is 0 Å². The first-order chi connectivity index (χ1) is 9.38. The van der Waals surface area contributed by atoms with E-state index in [1.54, 1.807) is 0 Å². The molecule has 1 aromatic carbocycles. The molecule has 19 heavy (non-hydrogen) atoms. The van der Waals surface area contributed by atoms with Crippen molar-refractivity contribution in [1.29, 1.82) is 0 Å². The van der Waals surface area contributed by atoms with Gasteiger partial charge in [0.1, 0.15) is 5.58 Å². The molecule has 1 unspecified atom stereocenters. The van der Waals surface area contributed by atoms with E-state index in [0.29, 0.717) is 6.04 Å². The molecule has 0 amide bonds. The molecule has 1 N–H and O–H groups in total. The van der Waals surface area contributed by atoms with Crippen molar-refractivity contribution in [2.24, 2.45) is 5.92 Å². The second-order valence-electron chi connectivity index (χ2n) is 5.73. The van der Waals surface area contributed by atoms with Gasteiger partial charge in [0.25, 0.3) is 0 Å². The van der Waals surface area contributed by atoms with Crippen molar-refractivity contribution in [3.05, 3.63) is 36.1 Å². The molecule has 2 heteroatoms. The molecule has 1 saturated carbocycles. The van der Waals surface area contributed by atoms with Crippen molar-refractivity contribution < 1.29 is 4.42 Å². The molecular weight excluding hydrogens is 234 g/mol. The third-order valence-electron chi connectivity index (χ3n) is 4.32. The van der Waals surface area contributed by atoms with E-state index < -0.39 is 0 Å². The summed E-state index contributed by atoms with van der Waals surface area (Å²) in [5, 5.41) is 4.98. The molecule has 2 nitrogen and oxygen atoms in total. The topological polar surface area (TPSA) is 25.2 Å². The van der Waals surface area contributed by atoms with Gasteiger partial charge in [0.05, 0.1) is 6.26 Å². The van der Waals surface area contributed by atoms with Crippen molar-refractivity contribution in [3.63, 3.8) is 0 Å². The largest absolute Gasteiger partial charge is 0.464 e. The van der Waals surface area contributed by atoms with Crippen LogP contribution in [0, 0.1) is 5.92 Å². The van der Waals surface area contributed by atoms with Crippen molar-refractivity contribution in [2.75, 3.05) is 6.54 Å². The van der Waals surface area contributed by atoms with E-state index in [2.05, 4.69) is 30.4 Å². The number of rotatable bonds is 6. The summed E-state index contributed by atoms with van der Waals surface area (Å²) >= 11 is 0. The van der Waals surface area contributed by atoms with Gasteiger partial charge in [-0.1, -0.05) is 44.4 Å². The Bertz CT molecular complexity index is 527. The Morgan fingerprint density at radius 2 is 2.16 bits per heavy atom. The van der Waals surface area contributed by atoms with Crippen molar-refractivity contribution in [1.82, 2.24) is 5.32 Å². The molecule has 1 aliphatic carbocycles. The summed E-state index contributed by atoms with van der Waals surface area (Å²) in [6, 6.07) is 8.82. The highest BCUT2D eigenvalue weighted by molar-refractivity contribution is 5.81.